The molecule has 0 aromatic rings. The molecule has 0 aromatic heterocycles. The lowest BCUT2D eigenvalue weighted by Crippen LogP contribution is -2.39. The van der Waals surface area contributed by atoms with Crippen molar-refractivity contribution in [3.05, 3.63) is 12.2 Å². The molecule has 0 saturated heterocycles. The van der Waals surface area contributed by atoms with Gasteiger partial charge in [-0.1, -0.05) is 19.1 Å². The molecule has 4 atom stereocenters. The summed E-state index contributed by atoms with van der Waals surface area (Å²) >= 11 is 0. The number of rotatable bonds is 6. The van der Waals surface area contributed by atoms with Crippen LogP contribution in [0, 0.1) is 23.2 Å². The lowest BCUT2D eigenvalue weighted by atomic mass is 9.71. The van der Waals surface area contributed by atoms with Crippen LogP contribution in [0.5, 0.6) is 0 Å². The highest BCUT2D eigenvalue weighted by Crippen LogP contribution is 2.56. The molecule has 20 heavy (non-hydrogen) atoms. The number of hydrogen-bond acceptors (Lipinski definition) is 6. The van der Waals surface area contributed by atoms with Crippen LogP contribution in [0.2, 0.25) is 0 Å². The van der Waals surface area contributed by atoms with Crippen LogP contribution in [0.1, 0.15) is 13.3 Å². The Morgan fingerprint density at radius 3 is 2.25 bits per heavy atom. The van der Waals surface area contributed by atoms with Crippen LogP contribution >= 0.6 is 0 Å². The van der Waals surface area contributed by atoms with Gasteiger partial charge in [0.05, 0.1) is 25.7 Å². The Morgan fingerprint density at radius 1 is 1.10 bits per heavy atom. The molecule has 8 heteroatoms. The van der Waals surface area contributed by atoms with Crippen molar-refractivity contribution in [1.82, 2.24) is 0 Å². The summed E-state index contributed by atoms with van der Waals surface area (Å²) in [6.07, 6.45) is 7.04. The van der Waals surface area contributed by atoms with Gasteiger partial charge in [0.25, 0.3) is 20.2 Å². The Balaban J connectivity index is 2.14. The molecule has 1 fully saturated rings. The second-order valence-electron chi connectivity index (χ2n) is 5.96. The van der Waals surface area contributed by atoms with E-state index < -0.39 is 25.7 Å². The summed E-state index contributed by atoms with van der Waals surface area (Å²) < 4.78 is 54.6. The first-order chi connectivity index (χ1) is 9.01. The summed E-state index contributed by atoms with van der Waals surface area (Å²) in [6.45, 7) is 2.05. The van der Waals surface area contributed by atoms with E-state index >= 15 is 0 Å². The third-order valence-electron chi connectivity index (χ3n) is 4.37. The number of fused-ring (bicyclic) bond motifs is 2. The minimum atomic E-state index is -3.52. The lowest BCUT2D eigenvalue weighted by molar-refractivity contribution is 0.0547. The van der Waals surface area contributed by atoms with Crippen molar-refractivity contribution in [2.24, 2.45) is 23.2 Å². The van der Waals surface area contributed by atoms with E-state index in [0.29, 0.717) is 0 Å². The minimum absolute atomic E-state index is 0.0507. The van der Waals surface area contributed by atoms with Crippen LogP contribution in [0.4, 0.5) is 0 Å². The SMILES string of the molecule is C[C@]1(COS(C)(=O)=O)C2C=CC(C2)[C@H]1COS(C)(=O)=O. The van der Waals surface area contributed by atoms with E-state index in [4.69, 9.17) is 8.37 Å². The van der Waals surface area contributed by atoms with Gasteiger partial charge in [-0.3, -0.25) is 8.37 Å². The molecule has 0 aliphatic heterocycles. The van der Waals surface area contributed by atoms with Crippen molar-refractivity contribution >= 4 is 20.2 Å². The van der Waals surface area contributed by atoms with Crippen LogP contribution < -0.4 is 0 Å². The van der Waals surface area contributed by atoms with E-state index in [1.165, 1.54) is 0 Å². The maximum Gasteiger partial charge on any atom is 0.264 e. The smallest absolute Gasteiger partial charge is 0.264 e. The molecule has 0 spiro atoms. The predicted molar refractivity (Wildman–Crippen MR) is 73.9 cm³/mol. The van der Waals surface area contributed by atoms with Crippen molar-refractivity contribution in [1.29, 1.82) is 0 Å². The Hall–Kier alpha value is -0.440. The molecule has 2 aliphatic rings. The summed E-state index contributed by atoms with van der Waals surface area (Å²) in [5.41, 5.74) is -0.423. The Labute approximate surface area is 120 Å². The summed E-state index contributed by atoms with van der Waals surface area (Å²) in [5.74, 6) is 0.353. The maximum atomic E-state index is 11.2. The fraction of sp³-hybridized carbons (Fsp3) is 0.833. The fourth-order valence-electron chi connectivity index (χ4n) is 3.24. The van der Waals surface area contributed by atoms with Crippen LogP contribution in [0.3, 0.4) is 0 Å². The third kappa shape index (κ3) is 3.41. The first kappa shape index (κ1) is 15.9. The lowest BCUT2D eigenvalue weighted by Gasteiger charge is -2.37. The molecular formula is C12H20O6S2. The van der Waals surface area contributed by atoms with Gasteiger partial charge in [0.1, 0.15) is 0 Å². The molecule has 2 rings (SSSR count). The molecule has 0 radical (unpaired) electrons. The molecule has 2 bridgehead atoms. The van der Waals surface area contributed by atoms with Gasteiger partial charge in [-0.05, 0) is 24.2 Å². The molecule has 2 aliphatic carbocycles. The van der Waals surface area contributed by atoms with E-state index in [1.807, 2.05) is 6.92 Å². The second kappa shape index (κ2) is 5.08. The Morgan fingerprint density at radius 2 is 1.70 bits per heavy atom. The number of allylic oxidation sites excluding steroid dienone is 2. The molecule has 1 saturated carbocycles. The monoisotopic (exact) mass is 324 g/mol. The predicted octanol–water partition coefficient (Wildman–Crippen LogP) is 0.767. The van der Waals surface area contributed by atoms with Gasteiger partial charge in [0.15, 0.2) is 0 Å². The van der Waals surface area contributed by atoms with E-state index in [1.54, 1.807) is 0 Å². The maximum absolute atomic E-state index is 11.2. The third-order valence-corrected chi connectivity index (χ3v) is 5.48. The minimum Gasteiger partial charge on any atom is -0.270 e. The number of hydrogen-bond donors (Lipinski definition) is 0. The summed E-state index contributed by atoms with van der Waals surface area (Å²) in [6, 6.07) is 0. The second-order valence-corrected chi connectivity index (χ2v) is 9.25. The van der Waals surface area contributed by atoms with E-state index in [-0.39, 0.29) is 31.0 Å². The molecule has 0 amide bonds. The van der Waals surface area contributed by atoms with Crippen molar-refractivity contribution in [2.75, 3.05) is 25.7 Å². The van der Waals surface area contributed by atoms with E-state index in [9.17, 15) is 16.8 Å². The first-order valence-corrected chi connectivity index (χ1v) is 10.0. The molecule has 2 unspecified atom stereocenters. The summed E-state index contributed by atoms with van der Waals surface area (Å²) in [7, 11) is -7.02. The molecular weight excluding hydrogens is 304 g/mol. The van der Waals surface area contributed by atoms with Crippen molar-refractivity contribution in [3.8, 4) is 0 Å². The Kier molecular flexibility index (Phi) is 4.05. The van der Waals surface area contributed by atoms with Gasteiger partial charge in [0, 0.05) is 5.41 Å². The summed E-state index contributed by atoms with van der Waals surface area (Å²) in [5, 5.41) is 0. The van der Waals surface area contributed by atoms with E-state index in [2.05, 4.69) is 12.2 Å². The average Bonchev–Trinajstić information content (AvgIpc) is 2.82. The van der Waals surface area contributed by atoms with E-state index in [0.717, 1.165) is 18.9 Å². The van der Waals surface area contributed by atoms with Crippen LogP contribution in [-0.2, 0) is 28.6 Å². The molecule has 0 aromatic carbocycles. The van der Waals surface area contributed by atoms with Crippen LogP contribution in [-0.4, -0.2) is 42.6 Å². The van der Waals surface area contributed by atoms with Crippen molar-refractivity contribution in [3.63, 3.8) is 0 Å². The highest BCUT2D eigenvalue weighted by molar-refractivity contribution is 7.86. The highest BCUT2D eigenvalue weighted by Gasteiger charge is 2.53. The molecule has 6 nitrogen and oxygen atoms in total. The fourth-order valence-corrected chi connectivity index (χ4v) is 4.10. The largest absolute Gasteiger partial charge is 0.270 e. The molecule has 0 heterocycles. The molecule has 116 valence electrons. The average molecular weight is 324 g/mol. The van der Waals surface area contributed by atoms with Gasteiger partial charge in [0.2, 0.25) is 0 Å². The quantitative estimate of drug-likeness (QED) is 0.530. The van der Waals surface area contributed by atoms with Crippen LogP contribution in [0.15, 0.2) is 12.2 Å². The normalized spacial score (nSPS) is 36.6. The highest BCUT2D eigenvalue weighted by atomic mass is 32.2. The zero-order chi connectivity index (χ0) is 15.2. The van der Waals surface area contributed by atoms with Gasteiger partial charge in [-0.25, -0.2) is 0 Å². The van der Waals surface area contributed by atoms with Gasteiger partial charge in [-0.2, -0.15) is 16.8 Å². The standard InChI is InChI=1S/C12H20O6S2/c1-12(8-18-20(3,15)16)10-5-4-9(6-10)11(12)7-17-19(2,13)14/h4-5,9-11H,6-8H2,1-3H3/t9?,10?,11-,12+/m1/s1. The first-order valence-electron chi connectivity index (χ1n) is 6.38. The van der Waals surface area contributed by atoms with Gasteiger partial charge >= 0.3 is 0 Å². The van der Waals surface area contributed by atoms with Gasteiger partial charge < -0.3 is 0 Å². The molecule has 0 N–H and O–H groups in total. The van der Waals surface area contributed by atoms with Crippen LogP contribution in [0.25, 0.3) is 0 Å². The topological polar surface area (TPSA) is 86.7 Å². The van der Waals surface area contributed by atoms with Crippen molar-refractivity contribution in [2.45, 2.75) is 13.3 Å². The zero-order valence-electron chi connectivity index (χ0n) is 11.8. The summed E-state index contributed by atoms with van der Waals surface area (Å²) in [4.78, 5) is 0. The Bertz CT molecular complexity index is 606. The van der Waals surface area contributed by atoms with Crippen molar-refractivity contribution < 1.29 is 25.2 Å². The zero-order valence-corrected chi connectivity index (χ0v) is 13.4. The van der Waals surface area contributed by atoms with Gasteiger partial charge in [-0.15, -0.1) is 0 Å².